The molecule has 7 heterocycles. The second-order valence-electron chi connectivity index (χ2n) is 13.9. The first-order chi connectivity index (χ1) is 28.7. The molecule has 0 aliphatic carbocycles. The van der Waals surface area contributed by atoms with Crippen LogP contribution >= 0.6 is 0 Å². The van der Waals surface area contributed by atoms with Crippen molar-refractivity contribution in [1.82, 2.24) is 19.9 Å². The number of halogens is 10. The third-order valence-electron chi connectivity index (χ3n) is 10.2. The van der Waals surface area contributed by atoms with Gasteiger partial charge in [-0.25, -0.2) is 63.0 Å². The molecule has 0 saturated carbocycles. The second-order valence-corrected chi connectivity index (χ2v) is 13.9. The summed E-state index contributed by atoms with van der Waals surface area (Å²) in [7, 11) is 3.60. The summed E-state index contributed by atoms with van der Waals surface area (Å²) in [6.07, 6.45) is 12.5. The van der Waals surface area contributed by atoms with E-state index in [9.17, 15) is 26.3 Å². The topological polar surface area (TPSA) is 65.1 Å². The van der Waals surface area contributed by atoms with Crippen molar-refractivity contribution in [2.45, 2.75) is 0 Å². The molecule has 16 heteroatoms. The zero-order valence-electron chi connectivity index (χ0n) is 30.8. The van der Waals surface area contributed by atoms with Gasteiger partial charge in [0.25, 0.3) is 0 Å². The van der Waals surface area contributed by atoms with Crippen molar-refractivity contribution in [3.8, 4) is 44.5 Å². The van der Waals surface area contributed by atoms with Crippen LogP contribution in [0.15, 0.2) is 73.3 Å². The van der Waals surface area contributed by atoms with Crippen LogP contribution in [-0.4, -0.2) is 19.9 Å². The Morgan fingerprint density at radius 1 is 0.333 bits per heavy atom. The number of rotatable bonds is 4. The number of fused-ring (bicyclic) bond motifs is 8. The zero-order chi connectivity index (χ0) is 42.3. The Bertz CT molecular complexity index is 2950. The summed E-state index contributed by atoms with van der Waals surface area (Å²) in [5, 5.41) is 0. The standard InChI is InChI=1S/C44H23F10N6/c1-59-15-11-19(12-16-59)29-21-3-4-22(55-21)30(20-13-17-60(2)18-14-20)24-6-8-26(57-24)32(34-37(47)41(51)44(54)42(52)38(34)48)28-10-9-27(58-28)31(25-7-5-23(29)56-25)33-35(45)39(49)43(53)40(50)36(33)46/h3-18H,1-2H3,(H,55,56,57,58)/q+1/p+1. The molecule has 0 amide bonds. The Morgan fingerprint density at radius 2 is 0.583 bits per heavy atom. The Morgan fingerprint density at radius 3 is 0.883 bits per heavy atom. The summed E-state index contributed by atoms with van der Waals surface area (Å²) in [6.45, 7) is 0. The lowest BCUT2D eigenvalue weighted by molar-refractivity contribution is -0.671. The van der Waals surface area contributed by atoms with Crippen LogP contribution in [0.1, 0.15) is 22.8 Å². The van der Waals surface area contributed by atoms with Gasteiger partial charge in [0, 0.05) is 68.6 Å². The molecule has 0 atom stereocenters. The van der Waals surface area contributed by atoms with Crippen molar-refractivity contribution >= 4 is 46.4 Å². The van der Waals surface area contributed by atoms with Gasteiger partial charge in [-0.2, -0.15) is 0 Å². The summed E-state index contributed by atoms with van der Waals surface area (Å²) >= 11 is 0. The molecule has 0 unspecified atom stereocenters. The molecule has 2 aliphatic heterocycles. The van der Waals surface area contributed by atoms with Gasteiger partial charge < -0.3 is 9.97 Å². The Balaban J connectivity index is 1.53. The predicted octanol–water partition coefficient (Wildman–Crippen LogP) is 10.4. The Kier molecular flexibility index (Phi) is 9.02. The zero-order valence-corrected chi connectivity index (χ0v) is 30.8. The van der Waals surface area contributed by atoms with Crippen LogP contribution in [0, 0.1) is 58.2 Å². The van der Waals surface area contributed by atoms with Gasteiger partial charge in [-0.15, -0.1) is 0 Å². The number of aromatic amines is 2. The summed E-state index contributed by atoms with van der Waals surface area (Å²) < 4.78 is 155. The molecule has 0 saturated heterocycles. The van der Waals surface area contributed by atoms with Gasteiger partial charge in [0.1, 0.15) is 14.1 Å². The average Bonchev–Trinajstić information content (AvgIpc) is 4.09. The van der Waals surface area contributed by atoms with E-state index >= 15 is 17.6 Å². The monoisotopic (exact) mass is 826 g/mol. The number of H-pyrrole nitrogens is 2. The predicted molar refractivity (Wildman–Crippen MR) is 203 cm³/mol. The number of aromatic nitrogens is 6. The molecule has 6 nitrogen and oxygen atoms in total. The molecule has 60 heavy (non-hydrogen) atoms. The van der Waals surface area contributed by atoms with E-state index in [0.29, 0.717) is 33.6 Å². The summed E-state index contributed by atoms with van der Waals surface area (Å²) in [4.78, 5) is 15.4. The van der Waals surface area contributed by atoms with Crippen molar-refractivity contribution in [3.63, 3.8) is 0 Å². The van der Waals surface area contributed by atoms with Crippen LogP contribution in [0.4, 0.5) is 43.9 Å². The van der Waals surface area contributed by atoms with E-state index in [-0.39, 0.29) is 22.1 Å². The molecule has 2 aromatic carbocycles. The minimum atomic E-state index is -2.43. The maximum absolute atomic E-state index is 15.8. The summed E-state index contributed by atoms with van der Waals surface area (Å²) in [5.41, 5.74) is -2.29. The van der Waals surface area contributed by atoms with Gasteiger partial charge in [-0.1, -0.05) is 0 Å². The van der Waals surface area contributed by atoms with Crippen molar-refractivity contribution in [1.29, 1.82) is 0 Å². The van der Waals surface area contributed by atoms with Crippen LogP contribution in [0.25, 0.3) is 90.9 Å². The quantitative estimate of drug-likeness (QED) is 0.0804. The van der Waals surface area contributed by atoms with E-state index in [4.69, 9.17) is 4.98 Å². The lowest BCUT2D eigenvalue weighted by Crippen LogP contribution is -2.25. The molecule has 0 spiro atoms. The molecule has 0 fully saturated rings. The highest BCUT2D eigenvalue weighted by Crippen LogP contribution is 2.42. The number of hydrogen-bond acceptors (Lipinski definition) is 2. The van der Waals surface area contributed by atoms with E-state index in [1.54, 1.807) is 84.4 Å². The fraction of sp³-hybridized carbons (Fsp3) is 0.0455. The molecule has 8 bridgehead atoms. The molecular formula is C44H24F10N6+2. The highest BCUT2D eigenvalue weighted by Gasteiger charge is 2.32. The number of benzene rings is 2. The number of aryl methyl sites for hydroxylation is 2. The van der Waals surface area contributed by atoms with Gasteiger partial charge >= 0.3 is 0 Å². The van der Waals surface area contributed by atoms with Crippen LogP contribution < -0.4 is 9.13 Å². The van der Waals surface area contributed by atoms with Crippen molar-refractivity contribution in [2.24, 2.45) is 14.1 Å². The van der Waals surface area contributed by atoms with E-state index in [2.05, 4.69) is 15.0 Å². The fourth-order valence-electron chi connectivity index (χ4n) is 7.32. The third-order valence-corrected chi connectivity index (χ3v) is 10.2. The lowest BCUT2D eigenvalue weighted by Gasteiger charge is -2.11. The molecule has 5 aromatic heterocycles. The van der Waals surface area contributed by atoms with E-state index in [1.165, 1.54) is 24.3 Å². The number of nitrogens with one attached hydrogen (secondary N) is 2. The number of pyridine rings is 2. The molecule has 2 N–H and O–H groups in total. The first-order valence-electron chi connectivity index (χ1n) is 17.8. The minimum Gasteiger partial charge on any atom is -0.354 e. The van der Waals surface area contributed by atoms with Gasteiger partial charge in [0.15, 0.2) is 71.3 Å². The fourth-order valence-corrected chi connectivity index (χ4v) is 7.32. The molecular weight excluding hydrogens is 803 g/mol. The van der Waals surface area contributed by atoms with Gasteiger partial charge in [0.05, 0.1) is 33.9 Å². The SMILES string of the molecule is C[n+]1ccc(-c2c3nc(c(-c4cc[n+](C)cc4)c4ccc([nH]4)c(-c4c(F)c(F)c(F)c(F)c4F)c4nc(c(-c5c(F)c(F)c(F)c(F)c5F)c5ccc2[nH]5)C=C4)C=C3)cc1. The second kappa shape index (κ2) is 14.2. The van der Waals surface area contributed by atoms with Gasteiger partial charge in [-0.05, 0) is 59.7 Å². The van der Waals surface area contributed by atoms with Crippen LogP contribution in [0.3, 0.4) is 0 Å². The maximum atomic E-state index is 15.8. The minimum absolute atomic E-state index is 0.236. The van der Waals surface area contributed by atoms with E-state index in [1.807, 2.05) is 0 Å². The van der Waals surface area contributed by atoms with Gasteiger partial charge in [0.2, 0.25) is 11.6 Å². The highest BCUT2D eigenvalue weighted by molar-refractivity contribution is 6.00. The van der Waals surface area contributed by atoms with Crippen molar-refractivity contribution in [3.05, 3.63) is 154 Å². The first-order valence-corrected chi connectivity index (χ1v) is 17.8. The van der Waals surface area contributed by atoms with Crippen LogP contribution in [0.5, 0.6) is 0 Å². The third kappa shape index (κ3) is 5.96. The van der Waals surface area contributed by atoms with Crippen LogP contribution in [-0.2, 0) is 14.1 Å². The first kappa shape index (κ1) is 38.2. The highest BCUT2D eigenvalue weighted by atomic mass is 19.2. The number of hydrogen-bond donors (Lipinski definition) is 2. The number of nitrogens with zero attached hydrogens (tertiary/aromatic N) is 4. The van der Waals surface area contributed by atoms with E-state index in [0.717, 1.165) is 12.2 Å². The molecule has 7 aromatic rings. The molecule has 9 rings (SSSR count). The molecule has 2 aliphatic rings. The maximum Gasteiger partial charge on any atom is 0.200 e. The Hall–Kier alpha value is -7.36. The van der Waals surface area contributed by atoms with Crippen LogP contribution in [0.2, 0.25) is 0 Å². The summed E-state index contributed by atoms with van der Waals surface area (Å²) in [5.74, 6) is -22.9. The van der Waals surface area contributed by atoms with Crippen molar-refractivity contribution < 1.29 is 53.0 Å². The normalized spacial score (nSPS) is 12.2. The smallest absolute Gasteiger partial charge is 0.200 e. The summed E-state index contributed by atoms with van der Waals surface area (Å²) in [6, 6.07) is 12.7. The molecule has 298 valence electrons. The van der Waals surface area contributed by atoms with E-state index < -0.39 is 91.8 Å². The van der Waals surface area contributed by atoms with Crippen molar-refractivity contribution in [2.75, 3.05) is 0 Å². The average molecular weight is 827 g/mol. The lowest BCUT2D eigenvalue weighted by atomic mass is 10.0. The largest absolute Gasteiger partial charge is 0.354 e. The van der Waals surface area contributed by atoms with Gasteiger partial charge in [-0.3, -0.25) is 0 Å². The molecule has 0 radical (unpaired) electrons. The Labute approximate surface area is 331 Å².